The minimum atomic E-state index is -0.437. The Balaban J connectivity index is 1.61. The molecule has 0 saturated carbocycles. The summed E-state index contributed by atoms with van der Waals surface area (Å²) in [6, 6.07) is 14.3. The molecule has 3 aromatic rings. The Hall–Kier alpha value is -2.54. The van der Waals surface area contributed by atoms with E-state index in [0.717, 1.165) is 16.2 Å². The second-order valence-electron chi connectivity index (χ2n) is 4.86. The van der Waals surface area contributed by atoms with Crippen molar-refractivity contribution in [1.29, 1.82) is 0 Å². The number of fused-ring (bicyclic) bond motifs is 1. The zero-order valence-electron chi connectivity index (χ0n) is 12.5. The highest BCUT2D eigenvalue weighted by Crippen LogP contribution is 2.27. The van der Waals surface area contributed by atoms with Crippen molar-refractivity contribution in [2.45, 2.75) is 5.16 Å². The summed E-state index contributed by atoms with van der Waals surface area (Å²) in [5.41, 5.74) is 2.02. The van der Waals surface area contributed by atoms with Crippen LogP contribution < -0.4 is 4.74 Å². The van der Waals surface area contributed by atoms with Crippen LogP contribution in [-0.4, -0.2) is 26.8 Å². The zero-order valence-corrected chi connectivity index (χ0v) is 13.3. The summed E-state index contributed by atoms with van der Waals surface area (Å²) in [7, 11) is 1.97. The van der Waals surface area contributed by atoms with Gasteiger partial charge in [0.05, 0.1) is 22.6 Å². The highest BCUT2D eigenvalue weighted by Gasteiger charge is 2.13. The number of imidazole rings is 1. The van der Waals surface area contributed by atoms with Crippen LogP contribution in [0.5, 0.6) is 5.75 Å². The molecule has 7 heteroatoms. The van der Waals surface area contributed by atoms with Crippen molar-refractivity contribution in [1.82, 2.24) is 9.55 Å². The molecule has 3 rings (SSSR count). The van der Waals surface area contributed by atoms with Crippen molar-refractivity contribution in [3.63, 3.8) is 0 Å². The maximum absolute atomic E-state index is 10.9. The molecule has 0 unspecified atom stereocenters. The number of ether oxygens (including phenoxy) is 1. The number of benzene rings is 2. The third kappa shape index (κ3) is 3.29. The van der Waals surface area contributed by atoms with Crippen LogP contribution >= 0.6 is 11.8 Å². The van der Waals surface area contributed by atoms with Crippen molar-refractivity contribution in [2.24, 2.45) is 7.05 Å². The lowest BCUT2D eigenvalue weighted by Crippen LogP contribution is -2.03. The Morgan fingerprint density at radius 3 is 2.74 bits per heavy atom. The van der Waals surface area contributed by atoms with Crippen molar-refractivity contribution >= 4 is 28.5 Å². The number of hydrogen-bond acceptors (Lipinski definition) is 5. The average molecular weight is 329 g/mol. The van der Waals surface area contributed by atoms with Crippen LogP contribution in [0, 0.1) is 10.1 Å². The largest absolute Gasteiger partial charge is 0.486 e. The van der Waals surface area contributed by atoms with Gasteiger partial charge in [0.15, 0.2) is 10.9 Å². The van der Waals surface area contributed by atoms with Gasteiger partial charge in [0.2, 0.25) is 0 Å². The molecule has 0 fully saturated rings. The standard InChI is InChI=1S/C16H15N3O3S/c1-18-13-7-3-2-6-12(13)17-16(18)23-11-10-22-15-9-5-4-8-14(15)19(20)21/h2-9H,10-11H2,1H3. The van der Waals surface area contributed by atoms with Gasteiger partial charge < -0.3 is 9.30 Å². The van der Waals surface area contributed by atoms with Gasteiger partial charge in [-0.1, -0.05) is 36.0 Å². The van der Waals surface area contributed by atoms with Crippen molar-refractivity contribution < 1.29 is 9.66 Å². The molecular formula is C16H15N3O3S. The van der Waals surface area contributed by atoms with E-state index in [9.17, 15) is 10.1 Å². The lowest BCUT2D eigenvalue weighted by Gasteiger charge is -2.06. The minimum Gasteiger partial charge on any atom is -0.486 e. The van der Waals surface area contributed by atoms with Crippen molar-refractivity contribution in [3.8, 4) is 5.75 Å². The minimum absolute atomic E-state index is 0.0137. The molecule has 0 radical (unpaired) electrons. The first-order valence-electron chi connectivity index (χ1n) is 7.07. The van der Waals surface area contributed by atoms with Gasteiger partial charge in [0.25, 0.3) is 0 Å². The molecule has 118 valence electrons. The van der Waals surface area contributed by atoms with E-state index in [2.05, 4.69) is 4.98 Å². The number of thioether (sulfide) groups is 1. The molecule has 0 aliphatic heterocycles. The Morgan fingerprint density at radius 1 is 1.22 bits per heavy atom. The first-order chi connectivity index (χ1) is 11.2. The van der Waals surface area contributed by atoms with Gasteiger partial charge in [-0.05, 0) is 18.2 Å². The highest BCUT2D eigenvalue weighted by molar-refractivity contribution is 7.99. The van der Waals surface area contributed by atoms with Gasteiger partial charge in [0, 0.05) is 18.9 Å². The predicted molar refractivity (Wildman–Crippen MR) is 90.0 cm³/mol. The lowest BCUT2D eigenvalue weighted by atomic mass is 10.3. The maximum Gasteiger partial charge on any atom is 0.310 e. The monoisotopic (exact) mass is 329 g/mol. The molecule has 1 heterocycles. The van der Waals surface area contributed by atoms with Gasteiger partial charge in [-0.3, -0.25) is 10.1 Å². The lowest BCUT2D eigenvalue weighted by molar-refractivity contribution is -0.385. The molecular weight excluding hydrogens is 314 g/mol. The summed E-state index contributed by atoms with van der Waals surface area (Å²) in [5, 5.41) is 11.8. The summed E-state index contributed by atoms with van der Waals surface area (Å²) in [4.78, 5) is 15.1. The normalized spacial score (nSPS) is 10.8. The number of nitro groups is 1. The third-order valence-corrected chi connectivity index (χ3v) is 4.37. The van der Waals surface area contributed by atoms with E-state index in [4.69, 9.17) is 4.74 Å². The number of nitrogens with zero attached hydrogens (tertiary/aromatic N) is 3. The fourth-order valence-electron chi connectivity index (χ4n) is 2.27. The van der Waals surface area contributed by atoms with E-state index in [-0.39, 0.29) is 5.69 Å². The van der Waals surface area contributed by atoms with Gasteiger partial charge in [0.1, 0.15) is 0 Å². The molecule has 23 heavy (non-hydrogen) atoms. The summed E-state index contributed by atoms with van der Waals surface area (Å²) >= 11 is 1.56. The van der Waals surface area contributed by atoms with Crippen molar-refractivity contribution in [2.75, 3.05) is 12.4 Å². The van der Waals surface area contributed by atoms with E-state index in [1.807, 2.05) is 35.9 Å². The molecule has 0 spiro atoms. The molecule has 0 bridgehead atoms. The number of rotatable bonds is 6. The van der Waals surface area contributed by atoms with Crippen LogP contribution in [0.1, 0.15) is 0 Å². The predicted octanol–water partition coefficient (Wildman–Crippen LogP) is 3.65. The summed E-state index contributed by atoms with van der Waals surface area (Å²) in [5.74, 6) is 0.951. The second-order valence-corrected chi connectivity index (χ2v) is 5.93. The Morgan fingerprint density at radius 2 is 1.96 bits per heavy atom. The molecule has 1 aromatic heterocycles. The van der Waals surface area contributed by atoms with Gasteiger partial charge in [-0.25, -0.2) is 4.98 Å². The van der Waals surface area contributed by atoms with E-state index < -0.39 is 4.92 Å². The van der Waals surface area contributed by atoms with E-state index in [1.54, 1.807) is 30.0 Å². The molecule has 0 aliphatic rings. The molecule has 0 amide bonds. The first kappa shape index (κ1) is 15.4. The highest BCUT2D eigenvalue weighted by atomic mass is 32.2. The molecule has 2 aromatic carbocycles. The number of aryl methyl sites for hydroxylation is 1. The smallest absolute Gasteiger partial charge is 0.310 e. The van der Waals surface area contributed by atoms with E-state index in [0.29, 0.717) is 18.1 Å². The van der Waals surface area contributed by atoms with Crippen LogP contribution in [0.25, 0.3) is 11.0 Å². The summed E-state index contributed by atoms with van der Waals surface area (Å²) in [6.45, 7) is 0.374. The molecule has 0 aliphatic carbocycles. The van der Waals surface area contributed by atoms with Gasteiger partial charge in [-0.15, -0.1) is 0 Å². The molecule has 0 N–H and O–H groups in total. The maximum atomic E-state index is 10.9. The Kier molecular flexibility index (Phi) is 4.47. The van der Waals surface area contributed by atoms with Gasteiger partial charge >= 0.3 is 5.69 Å². The van der Waals surface area contributed by atoms with E-state index >= 15 is 0 Å². The van der Waals surface area contributed by atoms with Crippen molar-refractivity contribution in [3.05, 3.63) is 58.6 Å². The van der Waals surface area contributed by atoms with Crippen LogP contribution in [-0.2, 0) is 7.05 Å². The van der Waals surface area contributed by atoms with Crippen LogP contribution in [0.4, 0.5) is 5.69 Å². The van der Waals surface area contributed by atoms with Crippen LogP contribution in [0.15, 0.2) is 53.7 Å². The summed E-state index contributed by atoms with van der Waals surface area (Å²) in [6.07, 6.45) is 0. The molecule has 0 saturated heterocycles. The molecule has 6 nitrogen and oxygen atoms in total. The zero-order chi connectivity index (χ0) is 16.2. The average Bonchev–Trinajstić information content (AvgIpc) is 2.88. The van der Waals surface area contributed by atoms with Gasteiger partial charge in [-0.2, -0.15) is 0 Å². The Bertz CT molecular complexity index is 847. The van der Waals surface area contributed by atoms with Crippen LogP contribution in [0.3, 0.4) is 0 Å². The molecule has 0 atom stereocenters. The number of aromatic nitrogens is 2. The van der Waals surface area contributed by atoms with E-state index in [1.165, 1.54) is 6.07 Å². The summed E-state index contributed by atoms with van der Waals surface area (Å²) < 4.78 is 7.57. The fourth-order valence-corrected chi connectivity index (χ4v) is 3.07. The second kappa shape index (κ2) is 6.70. The number of hydrogen-bond donors (Lipinski definition) is 0. The first-order valence-corrected chi connectivity index (χ1v) is 8.06. The third-order valence-electron chi connectivity index (χ3n) is 3.38. The topological polar surface area (TPSA) is 70.2 Å². The number of nitro benzene ring substituents is 1. The number of para-hydroxylation sites is 4. The Labute approximate surface area is 137 Å². The SMILES string of the molecule is Cn1c(SCCOc2ccccc2[N+](=O)[O-])nc2ccccc21. The quantitative estimate of drug-likeness (QED) is 0.299. The fraction of sp³-hybridized carbons (Fsp3) is 0.188. The van der Waals surface area contributed by atoms with Crippen LogP contribution in [0.2, 0.25) is 0 Å².